The molecule has 1 atom stereocenters. The van der Waals surface area contributed by atoms with Crippen LogP contribution in [-0.4, -0.2) is 75.2 Å². The van der Waals surface area contributed by atoms with Crippen molar-refractivity contribution in [2.24, 2.45) is 4.99 Å². The van der Waals surface area contributed by atoms with Crippen LogP contribution in [0.1, 0.15) is 20.3 Å². The van der Waals surface area contributed by atoms with Crippen molar-refractivity contribution in [2.45, 2.75) is 26.3 Å². The van der Waals surface area contributed by atoms with E-state index in [0.29, 0.717) is 6.04 Å². The molecule has 0 amide bonds. The summed E-state index contributed by atoms with van der Waals surface area (Å²) in [6, 6.07) is 4.96. The molecule has 1 unspecified atom stereocenters. The molecule has 1 fully saturated rings. The summed E-state index contributed by atoms with van der Waals surface area (Å²) in [5.74, 6) is 1.04. The van der Waals surface area contributed by atoms with Gasteiger partial charge in [-0.2, -0.15) is 0 Å². The van der Waals surface area contributed by atoms with Crippen LogP contribution in [0.15, 0.2) is 22.5 Å². The Balaban J connectivity index is 1.75. The largest absolute Gasteiger partial charge is 0.360 e. The Morgan fingerprint density at radius 3 is 2.70 bits per heavy atom. The van der Waals surface area contributed by atoms with E-state index < -0.39 is 0 Å². The SMILES string of the molecule is CCC(C)N(C)CCNC(=NC)N1CCN(c2cccs2)CC1. The number of aliphatic imine (C=N–C) groups is 1. The summed E-state index contributed by atoms with van der Waals surface area (Å²) in [7, 11) is 4.07. The Hall–Kier alpha value is -1.27. The molecule has 0 aliphatic carbocycles. The summed E-state index contributed by atoms with van der Waals surface area (Å²) in [5, 5.41) is 7.04. The van der Waals surface area contributed by atoms with Crippen LogP contribution < -0.4 is 10.2 Å². The van der Waals surface area contributed by atoms with Crippen LogP contribution in [0.5, 0.6) is 0 Å². The first-order valence-corrected chi connectivity index (χ1v) is 9.48. The zero-order valence-electron chi connectivity index (χ0n) is 15.0. The van der Waals surface area contributed by atoms with E-state index >= 15 is 0 Å². The first kappa shape index (κ1) is 18.1. The van der Waals surface area contributed by atoms with Crippen molar-refractivity contribution in [1.29, 1.82) is 0 Å². The summed E-state index contributed by atoms with van der Waals surface area (Å²) in [5.41, 5.74) is 0. The maximum Gasteiger partial charge on any atom is 0.193 e. The smallest absolute Gasteiger partial charge is 0.193 e. The van der Waals surface area contributed by atoms with Crippen LogP contribution in [-0.2, 0) is 0 Å². The Bertz CT molecular complexity index is 465. The minimum atomic E-state index is 0.633. The van der Waals surface area contributed by atoms with Crippen molar-refractivity contribution in [3.63, 3.8) is 0 Å². The predicted octanol–water partition coefficient (Wildman–Crippen LogP) is 2.18. The van der Waals surface area contributed by atoms with Crippen molar-refractivity contribution in [3.8, 4) is 0 Å². The molecule has 1 aliphatic heterocycles. The highest BCUT2D eigenvalue weighted by atomic mass is 32.1. The monoisotopic (exact) mass is 337 g/mol. The van der Waals surface area contributed by atoms with Crippen LogP contribution in [0.25, 0.3) is 0 Å². The third-order valence-electron chi connectivity index (χ3n) is 4.70. The average molecular weight is 338 g/mol. The first-order valence-electron chi connectivity index (χ1n) is 8.60. The molecule has 0 saturated carbocycles. The molecule has 5 nitrogen and oxygen atoms in total. The van der Waals surface area contributed by atoms with Gasteiger partial charge >= 0.3 is 0 Å². The molecule has 2 heterocycles. The van der Waals surface area contributed by atoms with Crippen molar-refractivity contribution in [1.82, 2.24) is 15.1 Å². The molecule has 1 aromatic heterocycles. The molecule has 0 spiro atoms. The molecule has 23 heavy (non-hydrogen) atoms. The highest BCUT2D eigenvalue weighted by molar-refractivity contribution is 7.14. The number of thiophene rings is 1. The number of hydrogen-bond donors (Lipinski definition) is 1. The molecule has 1 N–H and O–H groups in total. The van der Waals surface area contributed by atoms with Gasteiger partial charge in [0.25, 0.3) is 0 Å². The fraction of sp³-hybridized carbons (Fsp3) is 0.706. The molecule has 1 aliphatic rings. The lowest BCUT2D eigenvalue weighted by atomic mass is 10.2. The van der Waals surface area contributed by atoms with Crippen molar-refractivity contribution >= 4 is 22.3 Å². The number of likely N-dealkylation sites (N-methyl/N-ethyl adjacent to an activating group) is 1. The average Bonchev–Trinajstić information content (AvgIpc) is 3.12. The highest BCUT2D eigenvalue weighted by Gasteiger charge is 2.20. The quantitative estimate of drug-likeness (QED) is 0.637. The van der Waals surface area contributed by atoms with Crippen molar-refractivity contribution < 1.29 is 0 Å². The fourth-order valence-corrected chi connectivity index (χ4v) is 3.58. The zero-order valence-corrected chi connectivity index (χ0v) is 15.8. The minimum Gasteiger partial charge on any atom is -0.360 e. The summed E-state index contributed by atoms with van der Waals surface area (Å²) in [4.78, 5) is 11.7. The Morgan fingerprint density at radius 1 is 1.39 bits per heavy atom. The van der Waals surface area contributed by atoms with Gasteiger partial charge in [0.15, 0.2) is 5.96 Å². The van der Waals surface area contributed by atoms with Crippen LogP contribution in [0.4, 0.5) is 5.00 Å². The van der Waals surface area contributed by atoms with E-state index in [4.69, 9.17) is 0 Å². The van der Waals surface area contributed by atoms with Gasteiger partial charge in [-0.25, -0.2) is 0 Å². The van der Waals surface area contributed by atoms with Crippen LogP contribution in [0.2, 0.25) is 0 Å². The number of guanidine groups is 1. The van der Waals surface area contributed by atoms with E-state index in [9.17, 15) is 0 Å². The zero-order chi connectivity index (χ0) is 16.7. The number of rotatable bonds is 6. The third kappa shape index (κ3) is 5.11. The van der Waals surface area contributed by atoms with Crippen LogP contribution in [0.3, 0.4) is 0 Å². The summed E-state index contributed by atoms with van der Waals surface area (Å²) < 4.78 is 0. The second kappa shape index (κ2) is 9.13. The molecule has 1 saturated heterocycles. The van der Waals surface area contributed by atoms with Gasteiger partial charge < -0.3 is 20.0 Å². The summed E-state index contributed by atoms with van der Waals surface area (Å²) in [6.07, 6.45) is 1.19. The van der Waals surface area contributed by atoms with Crippen molar-refractivity contribution in [3.05, 3.63) is 17.5 Å². The molecule has 0 aromatic carbocycles. The Labute approximate surface area is 145 Å². The topological polar surface area (TPSA) is 34.1 Å². The second-order valence-corrected chi connectivity index (χ2v) is 7.06. The normalized spacial score (nSPS) is 17.7. The second-order valence-electron chi connectivity index (χ2n) is 6.14. The van der Waals surface area contributed by atoms with E-state index in [0.717, 1.165) is 45.2 Å². The number of nitrogens with one attached hydrogen (secondary N) is 1. The van der Waals surface area contributed by atoms with E-state index in [1.807, 2.05) is 18.4 Å². The first-order chi connectivity index (χ1) is 11.2. The fourth-order valence-electron chi connectivity index (χ4n) is 2.80. The van der Waals surface area contributed by atoms with Gasteiger partial charge in [-0.1, -0.05) is 6.92 Å². The van der Waals surface area contributed by atoms with Crippen LogP contribution >= 0.6 is 11.3 Å². The molecule has 1 aromatic rings. The number of hydrogen-bond acceptors (Lipinski definition) is 4. The standard InChI is InChI=1S/C17H31N5S/c1-5-15(2)20(4)9-8-19-17(18-3)22-12-10-21(11-13-22)16-7-6-14-23-16/h6-7,14-15H,5,8-13H2,1-4H3,(H,18,19). The molecule has 6 heteroatoms. The van der Waals surface area contributed by atoms with E-state index in [2.05, 4.69) is 63.4 Å². The number of piperazine rings is 1. The molecule has 0 bridgehead atoms. The lowest BCUT2D eigenvalue weighted by Gasteiger charge is -2.37. The van der Waals surface area contributed by atoms with Gasteiger partial charge in [-0.3, -0.25) is 4.99 Å². The lowest BCUT2D eigenvalue weighted by molar-refractivity contribution is 0.254. The third-order valence-corrected chi connectivity index (χ3v) is 5.63. The molecular weight excluding hydrogens is 306 g/mol. The molecular formula is C17H31N5S. The van der Waals surface area contributed by atoms with E-state index in [1.54, 1.807) is 0 Å². The van der Waals surface area contributed by atoms with E-state index in [1.165, 1.54) is 11.4 Å². The Kier molecular flexibility index (Phi) is 7.17. The number of anilines is 1. The van der Waals surface area contributed by atoms with Gasteiger partial charge in [0.2, 0.25) is 0 Å². The Morgan fingerprint density at radius 2 is 2.13 bits per heavy atom. The van der Waals surface area contributed by atoms with Crippen molar-refractivity contribution in [2.75, 3.05) is 58.3 Å². The van der Waals surface area contributed by atoms with Gasteiger partial charge in [0, 0.05) is 52.4 Å². The number of nitrogens with zero attached hydrogens (tertiary/aromatic N) is 4. The molecule has 130 valence electrons. The highest BCUT2D eigenvalue weighted by Crippen LogP contribution is 2.22. The van der Waals surface area contributed by atoms with Gasteiger partial charge in [-0.05, 0) is 37.9 Å². The van der Waals surface area contributed by atoms with Gasteiger partial charge in [0.1, 0.15) is 0 Å². The van der Waals surface area contributed by atoms with Gasteiger partial charge in [-0.15, -0.1) is 11.3 Å². The molecule has 0 radical (unpaired) electrons. The maximum absolute atomic E-state index is 4.46. The maximum atomic E-state index is 4.46. The van der Waals surface area contributed by atoms with Crippen LogP contribution in [0, 0.1) is 0 Å². The van der Waals surface area contributed by atoms with E-state index in [-0.39, 0.29) is 0 Å². The lowest BCUT2D eigenvalue weighted by Crippen LogP contribution is -2.53. The molecule has 2 rings (SSSR count). The predicted molar refractivity (Wildman–Crippen MR) is 102 cm³/mol. The summed E-state index contributed by atoms with van der Waals surface area (Å²) >= 11 is 1.82. The van der Waals surface area contributed by atoms with Gasteiger partial charge in [0.05, 0.1) is 5.00 Å². The minimum absolute atomic E-state index is 0.633. The summed E-state index contributed by atoms with van der Waals surface area (Å²) in [6.45, 7) is 10.7.